The van der Waals surface area contributed by atoms with Gasteiger partial charge in [-0.15, -0.1) is 23.7 Å². The van der Waals surface area contributed by atoms with E-state index in [1.165, 1.54) is 25.7 Å². The Morgan fingerprint density at radius 2 is 2.20 bits per heavy atom. The van der Waals surface area contributed by atoms with E-state index in [1.54, 1.807) is 11.3 Å². The molecule has 0 bridgehead atoms. The number of amides is 1. The van der Waals surface area contributed by atoms with Gasteiger partial charge < -0.3 is 10.6 Å². The van der Waals surface area contributed by atoms with Gasteiger partial charge in [0.2, 0.25) is 0 Å². The molecular formula is C14H22ClN3OS. The van der Waals surface area contributed by atoms with Gasteiger partial charge in [0.05, 0.1) is 5.01 Å². The second-order valence-electron chi connectivity index (χ2n) is 5.56. The predicted molar refractivity (Wildman–Crippen MR) is 83.5 cm³/mol. The first-order valence-corrected chi connectivity index (χ1v) is 8.13. The number of carbonyl (C=O) groups excluding carboxylic acids is 1. The Kier molecular flexibility index (Phi) is 5.41. The van der Waals surface area contributed by atoms with E-state index in [0.29, 0.717) is 18.3 Å². The third-order valence-corrected chi connectivity index (χ3v) is 5.29. The van der Waals surface area contributed by atoms with Gasteiger partial charge in [-0.3, -0.25) is 4.79 Å². The lowest BCUT2D eigenvalue weighted by atomic mass is 9.92. The number of piperidine rings is 1. The van der Waals surface area contributed by atoms with Crippen molar-refractivity contribution in [3.05, 3.63) is 16.1 Å². The van der Waals surface area contributed by atoms with Gasteiger partial charge in [0, 0.05) is 24.4 Å². The Balaban J connectivity index is 0.00000147. The summed E-state index contributed by atoms with van der Waals surface area (Å²) < 4.78 is 0. The average Bonchev–Trinajstić information content (AvgIpc) is 3.06. The molecule has 2 fully saturated rings. The largest absolute Gasteiger partial charge is 0.334 e. The number of nitrogens with zero attached hydrogens (tertiary/aromatic N) is 2. The van der Waals surface area contributed by atoms with Crippen LogP contribution >= 0.6 is 23.7 Å². The minimum absolute atomic E-state index is 0. The van der Waals surface area contributed by atoms with Crippen LogP contribution in [0, 0.1) is 5.92 Å². The van der Waals surface area contributed by atoms with Gasteiger partial charge in [0.1, 0.15) is 5.69 Å². The maximum Gasteiger partial charge on any atom is 0.273 e. The van der Waals surface area contributed by atoms with Gasteiger partial charge in [-0.2, -0.15) is 0 Å². The molecule has 1 aliphatic heterocycles. The van der Waals surface area contributed by atoms with E-state index in [4.69, 9.17) is 5.73 Å². The van der Waals surface area contributed by atoms with Crippen molar-refractivity contribution >= 4 is 29.7 Å². The SMILES string of the molecule is Cl.NCCc1nc(C(=O)N2CCCC3CCCC32)cs1. The lowest BCUT2D eigenvalue weighted by Crippen LogP contribution is -2.46. The fraction of sp³-hybridized carbons (Fsp3) is 0.714. The van der Waals surface area contributed by atoms with E-state index in [1.807, 2.05) is 5.38 Å². The number of halogens is 1. The van der Waals surface area contributed by atoms with Crippen LogP contribution in [0.15, 0.2) is 5.38 Å². The maximum atomic E-state index is 12.6. The second-order valence-corrected chi connectivity index (χ2v) is 6.51. The van der Waals surface area contributed by atoms with E-state index in [-0.39, 0.29) is 18.3 Å². The summed E-state index contributed by atoms with van der Waals surface area (Å²) in [6.45, 7) is 1.50. The first kappa shape index (κ1) is 15.7. The van der Waals surface area contributed by atoms with Crippen LogP contribution in [0.25, 0.3) is 0 Å². The molecule has 1 amide bonds. The second kappa shape index (κ2) is 6.87. The van der Waals surface area contributed by atoms with Crippen molar-refractivity contribution in [2.45, 2.75) is 44.6 Å². The quantitative estimate of drug-likeness (QED) is 0.932. The van der Waals surface area contributed by atoms with Gasteiger partial charge in [0.15, 0.2) is 0 Å². The molecule has 1 aromatic heterocycles. The highest BCUT2D eigenvalue weighted by molar-refractivity contribution is 7.09. The smallest absolute Gasteiger partial charge is 0.273 e. The van der Waals surface area contributed by atoms with E-state index in [2.05, 4.69) is 9.88 Å². The summed E-state index contributed by atoms with van der Waals surface area (Å²) in [6, 6.07) is 0.473. The fourth-order valence-corrected chi connectivity index (χ4v) is 4.29. The van der Waals surface area contributed by atoms with Crippen LogP contribution in [-0.2, 0) is 6.42 Å². The standard InChI is InChI=1S/C14H21N3OS.ClH/c15-7-6-13-16-11(9-19-13)14(18)17-8-2-4-10-3-1-5-12(10)17;/h9-10,12H,1-8,15H2;1H. The summed E-state index contributed by atoms with van der Waals surface area (Å²) in [5.74, 6) is 0.871. The molecule has 1 saturated carbocycles. The number of carbonyl (C=O) groups is 1. The zero-order valence-electron chi connectivity index (χ0n) is 11.6. The number of nitrogens with two attached hydrogens (primary N) is 1. The fourth-order valence-electron chi connectivity index (χ4n) is 3.50. The summed E-state index contributed by atoms with van der Waals surface area (Å²) in [4.78, 5) is 19.1. The Morgan fingerprint density at radius 1 is 1.40 bits per heavy atom. The summed E-state index contributed by atoms with van der Waals surface area (Å²) >= 11 is 1.55. The molecule has 0 radical (unpaired) electrons. The van der Waals surface area contributed by atoms with Gasteiger partial charge >= 0.3 is 0 Å². The predicted octanol–water partition coefficient (Wildman–Crippen LogP) is 2.47. The minimum Gasteiger partial charge on any atom is -0.334 e. The molecule has 1 aromatic rings. The minimum atomic E-state index is 0. The molecule has 1 saturated heterocycles. The zero-order valence-corrected chi connectivity index (χ0v) is 13.2. The van der Waals surface area contributed by atoms with Crippen molar-refractivity contribution in [3.63, 3.8) is 0 Å². The molecule has 0 aromatic carbocycles. The molecule has 1 aliphatic carbocycles. The van der Waals surface area contributed by atoms with Crippen LogP contribution in [0.1, 0.15) is 47.6 Å². The molecule has 2 atom stereocenters. The van der Waals surface area contributed by atoms with Crippen LogP contribution in [0.3, 0.4) is 0 Å². The van der Waals surface area contributed by atoms with Gasteiger partial charge in [0.25, 0.3) is 5.91 Å². The number of thiazole rings is 1. The van der Waals surface area contributed by atoms with Crippen molar-refractivity contribution in [1.29, 1.82) is 0 Å². The number of rotatable bonds is 3. The Hall–Kier alpha value is -0.650. The van der Waals surface area contributed by atoms with Crippen LogP contribution < -0.4 is 5.73 Å². The van der Waals surface area contributed by atoms with Crippen molar-refractivity contribution < 1.29 is 4.79 Å². The van der Waals surface area contributed by atoms with Gasteiger partial charge in [-0.1, -0.05) is 6.42 Å². The van der Waals surface area contributed by atoms with Crippen LogP contribution in [0.4, 0.5) is 0 Å². The van der Waals surface area contributed by atoms with Crippen molar-refractivity contribution in [2.24, 2.45) is 11.7 Å². The molecule has 20 heavy (non-hydrogen) atoms. The molecule has 2 unspecified atom stereocenters. The summed E-state index contributed by atoms with van der Waals surface area (Å²) in [5, 5.41) is 2.87. The van der Waals surface area contributed by atoms with E-state index < -0.39 is 0 Å². The molecule has 112 valence electrons. The molecule has 3 rings (SSSR count). The molecular weight excluding hydrogens is 294 g/mol. The zero-order chi connectivity index (χ0) is 13.2. The Bertz CT molecular complexity index is 465. The Morgan fingerprint density at radius 3 is 3.00 bits per heavy atom. The summed E-state index contributed by atoms with van der Waals surface area (Å²) in [5.41, 5.74) is 6.16. The van der Waals surface area contributed by atoms with Crippen LogP contribution in [0.2, 0.25) is 0 Å². The van der Waals surface area contributed by atoms with Crippen molar-refractivity contribution in [2.75, 3.05) is 13.1 Å². The van der Waals surface area contributed by atoms with Crippen molar-refractivity contribution in [3.8, 4) is 0 Å². The number of fused-ring (bicyclic) bond motifs is 1. The third-order valence-electron chi connectivity index (χ3n) is 4.38. The number of likely N-dealkylation sites (tertiary alicyclic amines) is 1. The van der Waals surface area contributed by atoms with Crippen molar-refractivity contribution in [1.82, 2.24) is 9.88 Å². The lowest BCUT2D eigenvalue weighted by Gasteiger charge is -2.37. The number of aromatic nitrogens is 1. The van der Waals surface area contributed by atoms with E-state index >= 15 is 0 Å². The maximum absolute atomic E-state index is 12.6. The van der Waals surface area contributed by atoms with Crippen LogP contribution in [0.5, 0.6) is 0 Å². The normalized spacial score (nSPS) is 25.1. The number of hydrogen-bond donors (Lipinski definition) is 1. The van der Waals surface area contributed by atoms with E-state index in [9.17, 15) is 4.79 Å². The third kappa shape index (κ3) is 3.00. The lowest BCUT2D eigenvalue weighted by molar-refractivity contribution is 0.0543. The topological polar surface area (TPSA) is 59.2 Å². The molecule has 4 nitrogen and oxygen atoms in total. The van der Waals surface area contributed by atoms with Gasteiger partial charge in [-0.25, -0.2) is 4.98 Å². The first-order valence-electron chi connectivity index (χ1n) is 7.25. The highest BCUT2D eigenvalue weighted by Crippen LogP contribution is 2.37. The molecule has 2 aliphatic rings. The van der Waals surface area contributed by atoms with E-state index in [0.717, 1.165) is 30.3 Å². The summed E-state index contributed by atoms with van der Waals surface area (Å²) in [7, 11) is 0. The average molecular weight is 316 g/mol. The first-order chi connectivity index (χ1) is 9.29. The molecule has 6 heteroatoms. The van der Waals surface area contributed by atoms with Gasteiger partial charge in [-0.05, 0) is 38.1 Å². The summed E-state index contributed by atoms with van der Waals surface area (Å²) in [6.07, 6.45) is 6.95. The highest BCUT2D eigenvalue weighted by Gasteiger charge is 2.38. The highest BCUT2D eigenvalue weighted by atomic mass is 35.5. The molecule has 2 N–H and O–H groups in total. The molecule has 0 spiro atoms. The molecule has 2 heterocycles. The van der Waals surface area contributed by atoms with Crippen LogP contribution in [-0.4, -0.2) is 34.9 Å². The number of hydrogen-bond acceptors (Lipinski definition) is 4. The monoisotopic (exact) mass is 315 g/mol. The Labute approximate surface area is 130 Å².